The Morgan fingerprint density at radius 1 is 0.698 bits per heavy atom. The molecule has 0 bridgehead atoms. The number of para-hydroxylation sites is 2. The van der Waals surface area contributed by atoms with Crippen LogP contribution in [-0.4, -0.2) is 22.6 Å². The number of imidazole rings is 1. The average Bonchev–Trinajstić information content (AvgIpc) is 3.74. The van der Waals surface area contributed by atoms with E-state index in [-0.39, 0.29) is 25.9 Å². The van der Waals surface area contributed by atoms with Crippen molar-refractivity contribution in [1.82, 2.24) is 14.5 Å². The van der Waals surface area contributed by atoms with E-state index >= 15 is 0 Å². The van der Waals surface area contributed by atoms with Gasteiger partial charge >= 0.3 is 0 Å². The van der Waals surface area contributed by atoms with Crippen molar-refractivity contribution in [2.45, 2.75) is 26.2 Å². The third-order valence-electron chi connectivity index (χ3n) is 9.29. The molecule has 3 aromatic heterocycles. The van der Waals surface area contributed by atoms with E-state index in [4.69, 9.17) is 4.98 Å². The van der Waals surface area contributed by atoms with Gasteiger partial charge in [-0.3, -0.25) is 4.98 Å². The van der Waals surface area contributed by atoms with Gasteiger partial charge in [0.2, 0.25) is 0 Å². The molecule has 0 aliphatic rings. The SMILES string of the molecule is C[Si](C)(C)c1ccc(-c2[c-]cccc2)nc1.Fc1ccc(-c2cccc3c2sc2c(-c4nc5ccccc5n4Cc4ccccc4)[c-]ccc23)cc1.[Ir]. The fourth-order valence-corrected chi connectivity index (χ4v) is 8.89. The van der Waals surface area contributed by atoms with Crippen molar-refractivity contribution in [2.75, 3.05) is 0 Å². The van der Waals surface area contributed by atoms with E-state index < -0.39 is 8.07 Å². The Morgan fingerprint density at radius 3 is 2.19 bits per heavy atom. The first-order valence-corrected chi connectivity index (χ1v) is 21.7. The van der Waals surface area contributed by atoms with Crippen LogP contribution in [0.1, 0.15) is 5.56 Å². The average molecular weight is 902 g/mol. The monoisotopic (exact) mass is 902 g/mol. The Kier molecular flexibility index (Phi) is 10.6. The summed E-state index contributed by atoms with van der Waals surface area (Å²) in [6, 6.07) is 55.0. The van der Waals surface area contributed by atoms with E-state index in [0.29, 0.717) is 0 Å². The van der Waals surface area contributed by atoms with Crippen molar-refractivity contribution in [1.29, 1.82) is 0 Å². The van der Waals surface area contributed by atoms with Crippen molar-refractivity contribution in [3.63, 3.8) is 0 Å². The van der Waals surface area contributed by atoms with Gasteiger partial charge in [0, 0.05) is 37.5 Å². The molecule has 0 N–H and O–H groups in total. The van der Waals surface area contributed by atoms with Gasteiger partial charge in [-0.2, -0.15) is 11.3 Å². The Morgan fingerprint density at radius 2 is 1.45 bits per heavy atom. The Hall–Kier alpha value is -5.04. The molecule has 0 spiro atoms. The summed E-state index contributed by atoms with van der Waals surface area (Å²) < 4.78 is 18.2. The van der Waals surface area contributed by atoms with Crippen LogP contribution in [0.15, 0.2) is 152 Å². The summed E-state index contributed by atoms with van der Waals surface area (Å²) in [4.78, 5) is 9.61. The molecular formula is C46H36FIrN3SSi-2. The second kappa shape index (κ2) is 15.5. The van der Waals surface area contributed by atoms with Crippen molar-refractivity contribution in [2.24, 2.45) is 0 Å². The minimum absolute atomic E-state index is 0. The molecule has 0 amide bonds. The molecule has 9 rings (SSSR count). The van der Waals surface area contributed by atoms with Crippen molar-refractivity contribution < 1.29 is 24.5 Å². The number of halogens is 1. The molecular weight excluding hydrogens is 866 g/mol. The molecule has 7 heteroatoms. The zero-order valence-corrected chi connectivity index (χ0v) is 33.8. The topological polar surface area (TPSA) is 30.7 Å². The van der Waals surface area contributed by atoms with E-state index in [9.17, 15) is 4.39 Å². The summed E-state index contributed by atoms with van der Waals surface area (Å²) in [7, 11) is -1.23. The van der Waals surface area contributed by atoms with Gasteiger partial charge in [0.05, 0.1) is 24.9 Å². The quantitative estimate of drug-likeness (QED) is 0.123. The third kappa shape index (κ3) is 7.57. The maximum absolute atomic E-state index is 13.6. The summed E-state index contributed by atoms with van der Waals surface area (Å²) in [5, 5.41) is 3.77. The molecule has 9 aromatic rings. The predicted octanol–water partition coefficient (Wildman–Crippen LogP) is 11.8. The molecule has 263 valence electrons. The van der Waals surface area contributed by atoms with E-state index in [0.717, 1.165) is 56.1 Å². The fraction of sp³-hybridized carbons (Fsp3) is 0.0870. The molecule has 0 unspecified atom stereocenters. The minimum atomic E-state index is -1.23. The van der Waals surface area contributed by atoms with Gasteiger partial charge in [-0.25, -0.2) is 4.39 Å². The first kappa shape index (κ1) is 36.3. The molecule has 3 heterocycles. The predicted molar refractivity (Wildman–Crippen MR) is 219 cm³/mol. The Labute approximate surface area is 328 Å². The van der Waals surface area contributed by atoms with Gasteiger partial charge in [0.25, 0.3) is 0 Å². The van der Waals surface area contributed by atoms with Crippen LogP contribution in [0, 0.1) is 17.9 Å². The van der Waals surface area contributed by atoms with Crippen LogP contribution in [0.3, 0.4) is 0 Å². The van der Waals surface area contributed by atoms with E-state index in [1.165, 1.54) is 38.4 Å². The van der Waals surface area contributed by atoms with Crippen molar-refractivity contribution in [3.05, 3.63) is 175 Å². The smallest absolute Gasteiger partial charge is 0.123 e. The molecule has 53 heavy (non-hydrogen) atoms. The summed E-state index contributed by atoms with van der Waals surface area (Å²) in [6.45, 7) is 7.72. The third-order valence-corrected chi connectivity index (χ3v) is 12.6. The van der Waals surface area contributed by atoms with Gasteiger partial charge in [0.1, 0.15) is 5.82 Å². The van der Waals surface area contributed by atoms with Crippen LogP contribution in [0.25, 0.3) is 65.0 Å². The summed E-state index contributed by atoms with van der Waals surface area (Å²) >= 11 is 1.76. The number of aromatic nitrogens is 3. The number of hydrogen-bond acceptors (Lipinski definition) is 3. The van der Waals surface area contributed by atoms with Gasteiger partial charge in [-0.05, 0) is 61.9 Å². The second-order valence-electron chi connectivity index (χ2n) is 13.8. The maximum atomic E-state index is 13.6. The van der Waals surface area contributed by atoms with Crippen LogP contribution in [0.2, 0.25) is 19.6 Å². The van der Waals surface area contributed by atoms with Crippen LogP contribution < -0.4 is 5.19 Å². The number of pyridine rings is 1. The van der Waals surface area contributed by atoms with Crippen molar-refractivity contribution in [3.8, 4) is 33.8 Å². The number of benzene rings is 6. The summed E-state index contributed by atoms with van der Waals surface area (Å²) in [5.41, 5.74) is 8.49. The van der Waals surface area contributed by atoms with E-state index in [1.807, 2.05) is 60.8 Å². The fourth-order valence-electron chi connectivity index (χ4n) is 6.53. The maximum Gasteiger partial charge on any atom is 0.123 e. The molecule has 1 radical (unpaired) electrons. The summed E-state index contributed by atoms with van der Waals surface area (Å²) in [5.74, 6) is 0.692. The van der Waals surface area contributed by atoms with Crippen LogP contribution in [-0.2, 0) is 26.7 Å². The van der Waals surface area contributed by atoms with Gasteiger partial charge in [0.15, 0.2) is 0 Å². The standard InChI is InChI=1S/C32H20FN2S.C14H16NSi.Ir/c33-23-18-16-22(17-19-23)24-10-6-11-25-26-12-7-13-27(31(26)36-30(24)25)32-34-28-14-4-5-15-29(28)35(32)20-21-8-2-1-3-9-21;1-16(2,3)13-9-10-14(15-11-13)12-7-5-4-6-8-12;/h1-12,14-19H,20H2;4-7,9-11H,1-3H3;/q2*-1;. The molecule has 0 atom stereocenters. The molecule has 0 aliphatic heterocycles. The molecule has 3 nitrogen and oxygen atoms in total. The molecule has 0 fully saturated rings. The van der Waals surface area contributed by atoms with E-state index in [1.54, 1.807) is 11.3 Å². The van der Waals surface area contributed by atoms with E-state index in [2.05, 4.69) is 120 Å². The molecule has 6 aromatic carbocycles. The van der Waals surface area contributed by atoms with Gasteiger partial charge < -0.3 is 9.55 Å². The molecule has 0 aliphatic carbocycles. The minimum Gasteiger partial charge on any atom is -0.360 e. The second-order valence-corrected chi connectivity index (χ2v) is 19.9. The molecule has 0 saturated carbocycles. The van der Waals surface area contributed by atoms with Gasteiger partial charge in [-0.15, -0.1) is 54.1 Å². The normalized spacial score (nSPS) is 11.3. The van der Waals surface area contributed by atoms with Crippen LogP contribution in [0.5, 0.6) is 0 Å². The number of hydrogen-bond donors (Lipinski definition) is 0. The number of fused-ring (bicyclic) bond motifs is 4. The van der Waals surface area contributed by atoms with Crippen molar-refractivity contribution >= 4 is 55.8 Å². The Balaban J connectivity index is 0.000000216. The molecule has 0 saturated heterocycles. The van der Waals surface area contributed by atoms with Gasteiger partial charge in [-0.1, -0.05) is 116 Å². The van der Waals surface area contributed by atoms with Crippen LogP contribution >= 0.6 is 11.3 Å². The van der Waals surface area contributed by atoms with Crippen LogP contribution in [0.4, 0.5) is 4.39 Å². The number of rotatable bonds is 6. The zero-order chi connectivity index (χ0) is 35.7. The first-order valence-electron chi connectivity index (χ1n) is 17.4. The summed E-state index contributed by atoms with van der Waals surface area (Å²) in [6.07, 6.45) is 2.02. The largest absolute Gasteiger partial charge is 0.360 e. The number of nitrogens with zero attached hydrogens (tertiary/aromatic N) is 3. The Bertz CT molecular complexity index is 2630. The first-order chi connectivity index (χ1) is 25.3. The number of thiophene rings is 1. The zero-order valence-electron chi connectivity index (χ0n) is 29.6.